The second kappa shape index (κ2) is 11.2. The van der Waals surface area contributed by atoms with Gasteiger partial charge in [-0.05, 0) is 74.0 Å². The molecule has 0 aliphatic carbocycles. The fourth-order valence-corrected chi connectivity index (χ4v) is 2.97. The van der Waals surface area contributed by atoms with E-state index >= 15 is 0 Å². The second-order valence-electron chi connectivity index (χ2n) is 7.08. The maximum absolute atomic E-state index is 12.4. The van der Waals surface area contributed by atoms with E-state index < -0.39 is 6.10 Å². The summed E-state index contributed by atoms with van der Waals surface area (Å²) < 4.78 is 11.2. The zero-order valence-corrected chi connectivity index (χ0v) is 18.7. The first-order chi connectivity index (χ1) is 15.5. The van der Waals surface area contributed by atoms with E-state index in [1.165, 1.54) is 0 Å². The minimum Gasteiger partial charge on any atom is -0.494 e. The van der Waals surface area contributed by atoms with E-state index in [4.69, 9.17) is 21.1 Å². The van der Waals surface area contributed by atoms with Crippen LogP contribution < -0.4 is 20.1 Å². The van der Waals surface area contributed by atoms with Crippen LogP contribution in [0.3, 0.4) is 0 Å². The normalized spacial score (nSPS) is 11.3. The van der Waals surface area contributed by atoms with Gasteiger partial charge >= 0.3 is 0 Å². The molecule has 1 atom stereocenters. The lowest BCUT2D eigenvalue weighted by atomic mass is 10.2. The number of para-hydroxylation sites is 1. The van der Waals surface area contributed by atoms with Crippen molar-refractivity contribution in [2.45, 2.75) is 26.4 Å². The Bertz CT molecular complexity index is 1050. The summed E-state index contributed by atoms with van der Waals surface area (Å²) in [4.78, 5) is 24.9. The lowest BCUT2D eigenvalue weighted by molar-refractivity contribution is -0.122. The van der Waals surface area contributed by atoms with Gasteiger partial charge in [0.1, 0.15) is 11.5 Å². The zero-order valence-electron chi connectivity index (χ0n) is 17.9. The summed E-state index contributed by atoms with van der Waals surface area (Å²) in [7, 11) is 0. The summed E-state index contributed by atoms with van der Waals surface area (Å²) in [5.41, 5.74) is 1.72. The van der Waals surface area contributed by atoms with Gasteiger partial charge in [-0.3, -0.25) is 9.59 Å². The molecular formula is C25H25ClN2O4. The Morgan fingerprint density at radius 3 is 2.16 bits per heavy atom. The molecule has 1 unspecified atom stereocenters. The van der Waals surface area contributed by atoms with Crippen LogP contribution in [0, 0.1) is 0 Å². The molecule has 2 N–H and O–H groups in total. The average Bonchev–Trinajstić information content (AvgIpc) is 2.80. The predicted octanol–water partition coefficient (Wildman–Crippen LogP) is 5.79. The van der Waals surface area contributed by atoms with Gasteiger partial charge in [-0.25, -0.2) is 0 Å². The van der Waals surface area contributed by atoms with E-state index in [1.54, 1.807) is 79.7 Å². The molecule has 3 aromatic rings. The monoisotopic (exact) mass is 452 g/mol. The van der Waals surface area contributed by atoms with E-state index in [0.717, 1.165) is 12.2 Å². The first-order valence-electron chi connectivity index (χ1n) is 10.3. The summed E-state index contributed by atoms with van der Waals surface area (Å²) in [6, 6.07) is 20.8. The van der Waals surface area contributed by atoms with Crippen molar-refractivity contribution in [1.82, 2.24) is 0 Å². The van der Waals surface area contributed by atoms with Crippen LogP contribution in [0.15, 0.2) is 72.8 Å². The molecule has 6 nitrogen and oxygen atoms in total. The molecule has 0 bridgehead atoms. The molecule has 0 fully saturated rings. The number of ether oxygens (including phenoxy) is 2. The Balaban J connectivity index is 1.53. The Kier molecular flexibility index (Phi) is 8.11. The van der Waals surface area contributed by atoms with Crippen LogP contribution in [0.5, 0.6) is 11.5 Å². The largest absolute Gasteiger partial charge is 0.494 e. The van der Waals surface area contributed by atoms with Crippen LogP contribution in [0.25, 0.3) is 0 Å². The van der Waals surface area contributed by atoms with Gasteiger partial charge in [-0.15, -0.1) is 0 Å². The van der Waals surface area contributed by atoms with E-state index in [2.05, 4.69) is 10.6 Å². The number of anilines is 2. The predicted molar refractivity (Wildman–Crippen MR) is 127 cm³/mol. The Morgan fingerprint density at radius 1 is 0.906 bits per heavy atom. The fourth-order valence-electron chi connectivity index (χ4n) is 2.79. The lowest BCUT2D eigenvalue weighted by Gasteiger charge is -2.15. The number of hydrogen-bond donors (Lipinski definition) is 2. The first-order valence-corrected chi connectivity index (χ1v) is 10.7. The van der Waals surface area contributed by atoms with Crippen molar-refractivity contribution in [1.29, 1.82) is 0 Å². The molecule has 0 saturated carbocycles. The molecule has 2 amide bonds. The SMILES string of the molecule is CCCOc1ccc(C(=O)Nc2ccc(NC(=O)C(C)Oc3ccccc3Cl)cc2)cc1. The lowest BCUT2D eigenvalue weighted by Crippen LogP contribution is -2.30. The molecule has 0 heterocycles. The number of amides is 2. The maximum atomic E-state index is 12.4. The maximum Gasteiger partial charge on any atom is 0.265 e. The smallest absolute Gasteiger partial charge is 0.265 e. The highest BCUT2D eigenvalue weighted by Gasteiger charge is 2.16. The average molecular weight is 453 g/mol. The zero-order chi connectivity index (χ0) is 22.9. The molecule has 0 aromatic heterocycles. The Morgan fingerprint density at radius 2 is 1.53 bits per heavy atom. The van der Waals surface area contributed by atoms with Crippen molar-refractivity contribution < 1.29 is 19.1 Å². The first kappa shape index (κ1) is 23.2. The van der Waals surface area contributed by atoms with E-state index in [9.17, 15) is 9.59 Å². The van der Waals surface area contributed by atoms with Crippen molar-refractivity contribution >= 4 is 34.8 Å². The molecule has 0 radical (unpaired) electrons. The molecule has 0 aliphatic rings. The standard InChI is InChI=1S/C25H25ClN2O4/c1-3-16-31-21-14-8-18(9-15-21)25(30)28-20-12-10-19(11-13-20)27-24(29)17(2)32-23-7-5-4-6-22(23)26/h4-15,17H,3,16H2,1-2H3,(H,27,29)(H,28,30). The minimum atomic E-state index is -0.737. The van der Waals surface area contributed by atoms with Crippen LogP contribution in [0.1, 0.15) is 30.6 Å². The van der Waals surface area contributed by atoms with Crippen LogP contribution in [-0.4, -0.2) is 24.5 Å². The molecule has 3 rings (SSSR count). The number of halogens is 1. The van der Waals surface area contributed by atoms with Crippen molar-refractivity contribution in [2.75, 3.05) is 17.2 Å². The highest BCUT2D eigenvalue weighted by molar-refractivity contribution is 6.32. The van der Waals surface area contributed by atoms with E-state index in [-0.39, 0.29) is 11.8 Å². The molecule has 3 aromatic carbocycles. The quantitative estimate of drug-likeness (QED) is 0.431. The molecule has 0 saturated heterocycles. The number of benzene rings is 3. The molecule has 7 heteroatoms. The summed E-state index contributed by atoms with van der Waals surface area (Å²) in [5.74, 6) is 0.633. The van der Waals surface area contributed by atoms with Crippen molar-refractivity contribution in [3.05, 3.63) is 83.4 Å². The van der Waals surface area contributed by atoms with Crippen LogP contribution in [0.4, 0.5) is 11.4 Å². The third-order valence-electron chi connectivity index (χ3n) is 4.51. The number of nitrogens with one attached hydrogen (secondary N) is 2. The van der Waals surface area contributed by atoms with Crippen LogP contribution in [-0.2, 0) is 4.79 Å². The number of rotatable bonds is 9. The van der Waals surface area contributed by atoms with Gasteiger partial charge in [-0.1, -0.05) is 30.7 Å². The minimum absolute atomic E-state index is 0.231. The summed E-state index contributed by atoms with van der Waals surface area (Å²) in [6.45, 7) is 4.32. The number of hydrogen-bond acceptors (Lipinski definition) is 4. The van der Waals surface area contributed by atoms with E-state index in [1.807, 2.05) is 6.92 Å². The summed E-state index contributed by atoms with van der Waals surface area (Å²) >= 11 is 6.07. The molecular weight excluding hydrogens is 428 g/mol. The van der Waals surface area contributed by atoms with Crippen molar-refractivity contribution in [2.24, 2.45) is 0 Å². The summed E-state index contributed by atoms with van der Waals surface area (Å²) in [6.07, 6.45) is 0.185. The van der Waals surface area contributed by atoms with E-state index in [0.29, 0.717) is 34.3 Å². The molecule has 0 spiro atoms. The Hall–Kier alpha value is -3.51. The Labute approximate surface area is 192 Å². The van der Waals surface area contributed by atoms with Gasteiger partial charge < -0.3 is 20.1 Å². The van der Waals surface area contributed by atoms with Gasteiger partial charge in [0.25, 0.3) is 11.8 Å². The number of carbonyl (C=O) groups is 2. The third kappa shape index (κ3) is 6.49. The molecule has 166 valence electrons. The molecule has 0 aliphatic heterocycles. The van der Waals surface area contributed by atoms with Gasteiger partial charge in [0.05, 0.1) is 11.6 Å². The molecule has 32 heavy (non-hydrogen) atoms. The van der Waals surface area contributed by atoms with Crippen LogP contribution >= 0.6 is 11.6 Å². The third-order valence-corrected chi connectivity index (χ3v) is 4.82. The highest BCUT2D eigenvalue weighted by atomic mass is 35.5. The van der Waals surface area contributed by atoms with Gasteiger partial charge in [0.2, 0.25) is 0 Å². The van der Waals surface area contributed by atoms with Crippen LogP contribution in [0.2, 0.25) is 5.02 Å². The topological polar surface area (TPSA) is 76.7 Å². The van der Waals surface area contributed by atoms with Crippen molar-refractivity contribution in [3.8, 4) is 11.5 Å². The highest BCUT2D eigenvalue weighted by Crippen LogP contribution is 2.24. The number of carbonyl (C=O) groups excluding carboxylic acids is 2. The fraction of sp³-hybridized carbons (Fsp3) is 0.200. The second-order valence-corrected chi connectivity index (χ2v) is 7.49. The van der Waals surface area contributed by atoms with Crippen molar-refractivity contribution in [3.63, 3.8) is 0 Å². The summed E-state index contributed by atoms with van der Waals surface area (Å²) in [5, 5.41) is 6.05. The van der Waals surface area contributed by atoms with Gasteiger partial charge in [-0.2, -0.15) is 0 Å². The van der Waals surface area contributed by atoms with Gasteiger partial charge in [0.15, 0.2) is 6.10 Å². The van der Waals surface area contributed by atoms with Gasteiger partial charge in [0, 0.05) is 16.9 Å².